The number of carbonyl (C=O) groups is 1. The van der Waals surface area contributed by atoms with Crippen molar-refractivity contribution >= 4 is 22.5 Å². The summed E-state index contributed by atoms with van der Waals surface area (Å²) in [6.45, 7) is 3.43. The smallest absolute Gasteiger partial charge is 0.275 e. The summed E-state index contributed by atoms with van der Waals surface area (Å²) >= 11 is 0. The van der Waals surface area contributed by atoms with Gasteiger partial charge in [0.25, 0.3) is 5.56 Å². The molecule has 2 aromatic heterocycles. The first-order valence-electron chi connectivity index (χ1n) is 8.25. The van der Waals surface area contributed by atoms with Crippen molar-refractivity contribution in [2.75, 3.05) is 19.8 Å². The van der Waals surface area contributed by atoms with Crippen LogP contribution in [-0.4, -0.2) is 34.6 Å². The third-order valence-electron chi connectivity index (χ3n) is 3.99. The van der Waals surface area contributed by atoms with Crippen molar-refractivity contribution in [2.24, 2.45) is 0 Å². The Morgan fingerprint density at radius 1 is 1.24 bits per heavy atom. The van der Waals surface area contributed by atoms with E-state index in [-0.39, 0.29) is 18.0 Å². The van der Waals surface area contributed by atoms with Crippen LogP contribution in [0.3, 0.4) is 0 Å². The van der Waals surface area contributed by atoms with Crippen molar-refractivity contribution < 1.29 is 13.9 Å². The van der Waals surface area contributed by atoms with Crippen LogP contribution < -0.4 is 10.9 Å². The second kappa shape index (κ2) is 7.48. The summed E-state index contributed by atoms with van der Waals surface area (Å²) in [6.07, 6.45) is 2.44. The Morgan fingerprint density at radius 3 is 2.88 bits per heavy atom. The minimum absolute atomic E-state index is 0.158. The topological polar surface area (TPSA) is 64.7 Å². The van der Waals surface area contributed by atoms with Crippen molar-refractivity contribution in [1.82, 2.24) is 14.3 Å². The number of hydrogen-bond donors (Lipinski definition) is 1. The monoisotopic (exact) mass is 345 g/mol. The Kier molecular flexibility index (Phi) is 5.14. The van der Waals surface area contributed by atoms with Gasteiger partial charge in [-0.05, 0) is 43.7 Å². The van der Waals surface area contributed by atoms with Crippen LogP contribution in [0.25, 0.3) is 16.6 Å². The predicted molar refractivity (Wildman–Crippen MR) is 93.2 cm³/mol. The summed E-state index contributed by atoms with van der Waals surface area (Å²) in [5, 5.41) is 2.76. The van der Waals surface area contributed by atoms with Crippen LogP contribution in [0.4, 0.5) is 4.39 Å². The zero-order valence-electron chi connectivity index (χ0n) is 14.0. The number of hydrogen-bond acceptors (Lipinski definition) is 3. The highest BCUT2D eigenvalue weighted by atomic mass is 19.1. The van der Waals surface area contributed by atoms with Crippen molar-refractivity contribution in [3.05, 3.63) is 52.7 Å². The van der Waals surface area contributed by atoms with E-state index in [0.29, 0.717) is 42.7 Å². The van der Waals surface area contributed by atoms with Gasteiger partial charge < -0.3 is 14.5 Å². The minimum Gasteiger partial charge on any atom is -0.382 e. The van der Waals surface area contributed by atoms with Gasteiger partial charge in [0, 0.05) is 26.0 Å². The van der Waals surface area contributed by atoms with E-state index in [1.165, 1.54) is 16.7 Å². The Balaban J connectivity index is 1.89. The molecule has 2 heterocycles. The Labute approximate surface area is 143 Å². The molecule has 7 heteroatoms. The molecule has 3 rings (SSSR count). The predicted octanol–water partition coefficient (Wildman–Crippen LogP) is 1.94. The van der Waals surface area contributed by atoms with Gasteiger partial charge in [0.1, 0.15) is 17.9 Å². The first-order valence-corrected chi connectivity index (χ1v) is 8.25. The lowest BCUT2D eigenvalue weighted by Gasteiger charge is -2.13. The number of ether oxygens (including phenoxy) is 1. The number of benzene rings is 1. The van der Waals surface area contributed by atoms with Gasteiger partial charge in [-0.2, -0.15) is 0 Å². The number of halogens is 1. The highest BCUT2D eigenvalue weighted by Gasteiger charge is 2.13. The van der Waals surface area contributed by atoms with Crippen LogP contribution in [0.15, 0.2) is 41.3 Å². The average molecular weight is 345 g/mol. The van der Waals surface area contributed by atoms with Crippen LogP contribution in [0.5, 0.6) is 0 Å². The maximum atomic E-state index is 13.7. The Bertz CT molecular complexity index is 961. The lowest BCUT2D eigenvalue weighted by atomic mass is 10.2. The molecule has 25 heavy (non-hydrogen) atoms. The summed E-state index contributed by atoms with van der Waals surface area (Å²) < 4.78 is 21.9. The molecule has 0 radical (unpaired) electrons. The molecule has 0 saturated carbocycles. The number of nitrogens with zero attached hydrogens (tertiary/aromatic N) is 2. The van der Waals surface area contributed by atoms with E-state index in [4.69, 9.17) is 4.74 Å². The van der Waals surface area contributed by atoms with Gasteiger partial charge in [0.2, 0.25) is 5.91 Å². The molecule has 0 saturated heterocycles. The molecule has 1 amide bonds. The summed E-state index contributed by atoms with van der Waals surface area (Å²) in [7, 11) is 0. The lowest BCUT2D eigenvalue weighted by Crippen LogP contribution is -2.34. The summed E-state index contributed by atoms with van der Waals surface area (Å²) in [6, 6.07) is 7.65. The fourth-order valence-corrected chi connectivity index (χ4v) is 2.83. The van der Waals surface area contributed by atoms with Crippen LogP contribution in [0.1, 0.15) is 13.3 Å². The maximum Gasteiger partial charge on any atom is 0.275 e. The van der Waals surface area contributed by atoms with Gasteiger partial charge in [-0.3, -0.25) is 14.2 Å². The molecule has 6 nitrogen and oxygen atoms in total. The molecule has 0 fully saturated rings. The first kappa shape index (κ1) is 17.2. The van der Waals surface area contributed by atoms with Crippen molar-refractivity contribution in [2.45, 2.75) is 19.9 Å². The first-order chi connectivity index (χ1) is 12.1. The maximum absolute atomic E-state index is 13.7. The van der Waals surface area contributed by atoms with Crippen molar-refractivity contribution in [3.8, 4) is 0 Å². The van der Waals surface area contributed by atoms with Crippen LogP contribution in [-0.2, 0) is 16.1 Å². The summed E-state index contributed by atoms with van der Waals surface area (Å²) in [4.78, 5) is 24.9. The molecule has 0 atom stereocenters. The Hall–Kier alpha value is -2.67. The van der Waals surface area contributed by atoms with Gasteiger partial charge in [0.05, 0.1) is 11.0 Å². The van der Waals surface area contributed by atoms with E-state index < -0.39 is 5.82 Å². The third kappa shape index (κ3) is 3.56. The molecule has 3 aromatic rings. The molecule has 0 aliphatic heterocycles. The Morgan fingerprint density at radius 2 is 2.08 bits per heavy atom. The number of fused-ring (bicyclic) bond motifs is 3. The normalized spacial score (nSPS) is 11.3. The van der Waals surface area contributed by atoms with Gasteiger partial charge in [0.15, 0.2) is 0 Å². The van der Waals surface area contributed by atoms with Crippen LogP contribution in [0, 0.1) is 5.82 Å². The molecular weight excluding hydrogens is 325 g/mol. The fraction of sp³-hybridized carbons (Fsp3) is 0.333. The highest BCUT2D eigenvalue weighted by Crippen LogP contribution is 2.16. The summed E-state index contributed by atoms with van der Waals surface area (Å²) in [5.41, 5.74) is 1.18. The highest BCUT2D eigenvalue weighted by molar-refractivity contribution is 5.82. The molecule has 0 aliphatic carbocycles. The largest absolute Gasteiger partial charge is 0.382 e. The number of nitrogens with one attached hydrogen (secondary N) is 1. The fourth-order valence-electron chi connectivity index (χ4n) is 2.83. The van der Waals surface area contributed by atoms with E-state index in [1.807, 2.05) is 6.92 Å². The van der Waals surface area contributed by atoms with E-state index in [0.717, 1.165) is 0 Å². The number of carbonyl (C=O) groups excluding carboxylic acids is 1. The molecule has 1 N–H and O–H groups in total. The van der Waals surface area contributed by atoms with Gasteiger partial charge in [-0.1, -0.05) is 0 Å². The van der Waals surface area contributed by atoms with E-state index in [1.54, 1.807) is 28.8 Å². The molecule has 0 aliphatic rings. The van der Waals surface area contributed by atoms with E-state index in [2.05, 4.69) is 5.32 Å². The number of aromatic nitrogens is 2. The zero-order valence-corrected chi connectivity index (χ0v) is 14.0. The minimum atomic E-state index is -0.454. The quantitative estimate of drug-likeness (QED) is 0.666. The van der Waals surface area contributed by atoms with Gasteiger partial charge >= 0.3 is 0 Å². The number of rotatable bonds is 7. The zero-order chi connectivity index (χ0) is 17.8. The molecule has 0 bridgehead atoms. The standard InChI is InChI=1S/C18H20FN3O3/c1-2-25-10-4-8-20-17(23)12-22-16-11-13(19)6-7-14(16)21-9-3-5-15(21)18(22)24/h3,5-7,9,11H,2,4,8,10,12H2,1H3,(H,20,23). The SMILES string of the molecule is CCOCCCNC(=O)Cn1c(=O)c2cccn2c2ccc(F)cc21. The molecule has 0 unspecified atom stereocenters. The second-order valence-electron chi connectivity index (χ2n) is 5.69. The average Bonchev–Trinajstić information content (AvgIpc) is 3.08. The molecule has 0 spiro atoms. The van der Waals surface area contributed by atoms with E-state index >= 15 is 0 Å². The van der Waals surface area contributed by atoms with Gasteiger partial charge in [-0.15, -0.1) is 0 Å². The van der Waals surface area contributed by atoms with Crippen LogP contribution >= 0.6 is 0 Å². The molecular formula is C18H20FN3O3. The number of amides is 1. The third-order valence-corrected chi connectivity index (χ3v) is 3.99. The van der Waals surface area contributed by atoms with Gasteiger partial charge in [-0.25, -0.2) is 4.39 Å². The van der Waals surface area contributed by atoms with Crippen LogP contribution in [0.2, 0.25) is 0 Å². The van der Waals surface area contributed by atoms with E-state index in [9.17, 15) is 14.0 Å². The molecule has 132 valence electrons. The second-order valence-corrected chi connectivity index (χ2v) is 5.69. The summed E-state index contributed by atoms with van der Waals surface area (Å²) in [5.74, 6) is -0.746. The van der Waals surface area contributed by atoms with Crippen molar-refractivity contribution in [1.29, 1.82) is 0 Å². The van der Waals surface area contributed by atoms with Crippen molar-refractivity contribution in [3.63, 3.8) is 0 Å². The lowest BCUT2D eigenvalue weighted by molar-refractivity contribution is -0.121. The molecule has 1 aromatic carbocycles.